The van der Waals surface area contributed by atoms with Crippen LogP contribution in [-0.2, 0) is 10.1 Å². The monoisotopic (exact) mass is 248 g/mol. The van der Waals surface area contributed by atoms with Gasteiger partial charge in [0.25, 0.3) is 10.1 Å². The summed E-state index contributed by atoms with van der Waals surface area (Å²) in [6.07, 6.45) is 0. The molecule has 0 heterocycles. The van der Waals surface area contributed by atoms with E-state index in [1.54, 1.807) is 25.1 Å². The first-order valence-corrected chi connectivity index (χ1v) is 6.56. The zero-order valence-electron chi connectivity index (χ0n) is 9.29. The molecule has 0 amide bonds. The van der Waals surface area contributed by atoms with E-state index in [1.807, 2.05) is 24.3 Å². The van der Waals surface area contributed by atoms with Crippen molar-refractivity contribution in [2.45, 2.75) is 11.8 Å². The van der Waals surface area contributed by atoms with Gasteiger partial charge in [-0.2, -0.15) is 8.42 Å². The fourth-order valence-corrected chi connectivity index (χ4v) is 2.50. The van der Waals surface area contributed by atoms with Crippen LogP contribution in [-0.4, -0.2) is 13.0 Å². The molecule has 0 radical (unpaired) electrons. The molecule has 0 spiro atoms. The third kappa shape index (κ3) is 2.54. The van der Waals surface area contributed by atoms with E-state index in [-0.39, 0.29) is 4.90 Å². The fourth-order valence-electron chi connectivity index (χ4n) is 1.70. The molecule has 1 N–H and O–H groups in total. The van der Waals surface area contributed by atoms with Crippen LogP contribution in [0.2, 0.25) is 0 Å². The average Bonchev–Trinajstić information content (AvgIpc) is 2.29. The Bertz CT molecular complexity index is 631. The normalized spacial score (nSPS) is 11.4. The molecule has 0 aromatic heterocycles. The van der Waals surface area contributed by atoms with Crippen LogP contribution in [0, 0.1) is 6.92 Å². The van der Waals surface area contributed by atoms with Gasteiger partial charge in [0.05, 0.1) is 0 Å². The molecule has 0 aliphatic rings. The lowest BCUT2D eigenvalue weighted by atomic mass is 10.0. The van der Waals surface area contributed by atoms with Gasteiger partial charge < -0.3 is 0 Å². The summed E-state index contributed by atoms with van der Waals surface area (Å²) in [5, 5.41) is 0. The number of hydrogen-bond donors (Lipinski definition) is 1. The van der Waals surface area contributed by atoms with Crippen molar-refractivity contribution in [2.24, 2.45) is 0 Å². The third-order valence-electron chi connectivity index (χ3n) is 2.50. The lowest BCUT2D eigenvalue weighted by Gasteiger charge is -2.08. The molecule has 2 aromatic carbocycles. The average molecular weight is 248 g/mol. The van der Waals surface area contributed by atoms with Gasteiger partial charge in [0.2, 0.25) is 0 Å². The second-order valence-electron chi connectivity index (χ2n) is 3.84. The minimum absolute atomic E-state index is 0.0521. The molecular formula is C13H12O3S. The highest BCUT2D eigenvalue weighted by Gasteiger charge is 2.16. The summed E-state index contributed by atoms with van der Waals surface area (Å²) >= 11 is 0. The lowest BCUT2D eigenvalue weighted by Crippen LogP contribution is -2.01. The van der Waals surface area contributed by atoms with Gasteiger partial charge in [0.1, 0.15) is 4.90 Å². The second-order valence-corrected chi connectivity index (χ2v) is 5.23. The molecule has 2 aromatic rings. The zero-order chi connectivity index (χ0) is 12.5. The van der Waals surface area contributed by atoms with Crippen LogP contribution in [0.3, 0.4) is 0 Å². The topological polar surface area (TPSA) is 54.4 Å². The fraction of sp³-hybridized carbons (Fsp3) is 0.0769. The van der Waals surface area contributed by atoms with E-state index in [1.165, 1.54) is 6.07 Å². The predicted molar refractivity (Wildman–Crippen MR) is 66.4 cm³/mol. The first-order chi connectivity index (χ1) is 7.98. The largest absolute Gasteiger partial charge is 0.295 e. The summed E-state index contributed by atoms with van der Waals surface area (Å²) in [7, 11) is -4.20. The highest BCUT2D eigenvalue weighted by Crippen LogP contribution is 2.27. The van der Waals surface area contributed by atoms with Crippen LogP contribution >= 0.6 is 0 Å². The SMILES string of the molecule is Cc1ccc(-c2ccccc2)c(S(=O)(=O)O)c1. The zero-order valence-corrected chi connectivity index (χ0v) is 10.1. The van der Waals surface area contributed by atoms with Crippen LogP contribution < -0.4 is 0 Å². The van der Waals surface area contributed by atoms with Crippen LogP contribution in [0.4, 0.5) is 0 Å². The molecule has 0 fully saturated rings. The Balaban J connectivity index is 2.71. The Morgan fingerprint density at radius 3 is 2.24 bits per heavy atom. The number of rotatable bonds is 2. The van der Waals surface area contributed by atoms with E-state index in [4.69, 9.17) is 0 Å². The van der Waals surface area contributed by atoms with Crippen molar-refractivity contribution in [1.82, 2.24) is 0 Å². The van der Waals surface area contributed by atoms with Gasteiger partial charge in [-0.15, -0.1) is 0 Å². The van der Waals surface area contributed by atoms with Gasteiger partial charge >= 0.3 is 0 Å². The van der Waals surface area contributed by atoms with Crippen molar-refractivity contribution in [3.8, 4) is 11.1 Å². The van der Waals surface area contributed by atoms with Gasteiger partial charge in [0, 0.05) is 5.56 Å². The van der Waals surface area contributed by atoms with E-state index in [2.05, 4.69) is 0 Å². The van der Waals surface area contributed by atoms with E-state index >= 15 is 0 Å². The summed E-state index contributed by atoms with van der Waals surface area (Å²) in [5.41, 5.74) is 2.07. The van der Waals surface area contributed by atoms with Gasteiger partial charge in [-0.05, 0) is 24.1 Å². The molecule has 88 valence electrons. The highest BCUT2D eigenvalue weighted by atomic mass is 32.2. The lowest BCUT2D eigenvalue weighted by molar-refractivity contribution is 0.483. The molecule has 3 nitrogen and oxygen atoms in total. The van der Waals surface area contributed by atoms with Crippen molar-refractivity contribution in [3.63, 3.8) is 0 Å². The molecule has 0 saturated carbocycles. The van der Waals surface area contributed by atoms with E-state index < -0.39 is 10.1 Å². The number of benzene rings is 2. The summed E-state index contributed by atoms with van der Waals surface area (Å²) in [4.78, 5) is -0.0521. The maximum absolute atomic E-state index is 11.3. The standard InChI is InChI=1S/C13H12O3S/c1-10-7-8-12(11-5-3-2-4-6-11)13(9-10)17(14,15)16/h2-9H,1H3,(H,14,15,16). The minimum Gasteiger partial charge on any atom is -0.282 e. The molecular weight excluding hydrogens is 236 g/mol. The Hall–Kier alpha value is -1.65. The maximum Gasteiger partial charge on any atom is 0.295 e. The highest BCUT2D eigenvalue weighted by molar-refractivity contribution is 7.86. The quantitative estimate of drug-likeness (QED) is 0.831. The van der Waals surface area contributed by atoms with Gasteiger partial charge in [-0.25, -0.2) is 0 Å². The maximum atomic E-state index is 11.3. The predicted octanol–water partition coefficient (Wildman–Crippen LogP) is 2.91. The van der Waals surface area contributed by atoms with E-state index in [0.29, 0.717) is 5.56 Å². The molecule has 0 aliphatic heterocycles. The molecule has 4 heteroatoms. The smallest absolute Gasteiger partial charge is 0.282 e. The summed E-state index contributed by atoms with van der Waals surface area (Å²) in [6.45, 7) is 1.78. The minimum atomic E-state index is -4.20. The molecule has 0 unspecified atom stereocenters. The Kier molecular flexibility index (Phi) is 3.00. The Morgan fingerprint density at radius 1 is 1.00 bits per heavy atom. The van der Waals surface area contributed by atoms with Crippen LogP contribution in [0.25, 0.3) is 11.1 Å². The van der Waals surface area contributed by atoms with E-state index in [9.17, 15) is 13.0 Å². The summed E-state index contributed by atoms with van der Waals surface area (Å²) in [5.74, 6) is 0. The first-order valence-electron chi connectivity index (χ1n) is 5.12. The molecule has 0 atom stereocenters. The number of aryl methyl sites for hydroxylation is 1. The van der Waals surface area contributed by atoms with Gasteiger partial charge in [0.15, 0.2) is 0 Å². The van der Waals surface area contributed by atoms with Crippen molar-refractivity contribution in [1.29, 1.82) is 0 Å². The van der Waals surface area contributed by atoms with Crippen LogP contribution in [0.15, 0.2) is 53.4 Å². The van der Waals surface area contributed by atoms with Gasteiger partial charge in [-0.1, -0.05) is 42.5 Å². The van der Waals surface area contributed by atoms with Crippen LogP contribution in [0.1, 0.15) is 5.56 Å². The van der Waals surface area contributed by atoms with Crippen molar-refractivity contribution in [3.05, 3.63) is 54.1 Å². The summed E-state index contributed by atoms with van der Waals surface area (Å²) < 4.78 is 31.9. The Morgan fingerprint density at radius 2 is 1.65 bits per heavy atom. The van der Waals surface area contributed by atoms with Crippen molar-refractivity contribution in [2.75, 3.05) is 0 Å². The van der Waals surface area contributed by atoms with E-state index in [0.717, 1.165) is 11.1 Å². The molecule has 0 saturated heterocycles. The van der Waals surface area contributed by atoms with Crippen molar-refractivity contribution >= 4 is 10.1 Å². The first kappa shape index (κ1) is 11.8. The van der Waals surface area contributed by atoms with Crippen LogP contribution in [0.5, 0.6) is 0 Å². The third-order valence-corrected chi connectivity index (χ3v) is 3.39. The molecule has 0 aliphatic carbocycles. The number of hydrogen-bond acceptors (Lipinski definition) is 2. The summed E-state index contributed by atoms with van der Waals surface area (Å²) in [6, 6.07) is 14.1. The second kappa shape index (κ2) is 4.31. The van der Waals surface area contributed by atoms with Gasteiger partial charge in [-0.3, -0.25) is 4.55 Å². The molecule has 0 bridgehead atoms. The molecule has 2 rings (SSSR count). The molecule has 17 heavy (non-hydrogen) atoms. The Labute approximate surface area is 100 Å². The van der Waals surface area contributed by atoms with Crippen molar-refractivity contribution < 1.29 is 13.0 Å².